The molecule has 1 aliphatic rings. The third-order valence-corrected chi connectivity index (χ3v) is 4.21. The van der Waals surface area contributed by atoms with Crippen LogP contribution in [0.4, 0.5) is 0 Å². The molecule has 0 atom stereocenters. The molecule has 0 amide bonds. The fourth-order valence-corrected chi connectivity index (χ4v) is 2.89. The molecule has 1 aromatic carbocycles. The zero-order valence-electron chi connectivity index (χ0n) is 8.22. The first-order valence-corrected chi connectivity index (χ1v) is 6.19. The summed E-state index contributed by atoms with van der Waals surface area (Å²) in [5, 5.41) is 0. The Morgan fingerprint density at radius 3 is 2.40 bits per heavy atom. The van der Waals surface area contributed by atoms with Gasteiger partial charge in [-0.1, -0.05) is 12.1 Å². The van der Waals surface area contributed by atoms with Gasteiger partial charge in [-0.15, -0.1) is 0 Å². The molecule has 1 heterocycles. The molecule has 0 bridgehead atoms. The molecule has 1 saturated heterocycles. The number of rotatable bonds is 2. The van der Waals surface area contributed by atoms with Crippen LogP contribution in [-0.4, -0.2) is 39.0 Å². The molecule has 81 valence electrons. The fourth-order valence-electron chi connectivity index (χ4n) is 1.48. The summed E-state index contributed by atoms with van der Waals surface area (Å²) in [5.41, 5.74) is 0. The number of nitrogens with zero attached hydrogens (tertiary/aromatic N) is 1. The Morgan fingerprint density at radius 2 is 1.80 bits per heavy atom. The molecular weight excluding hydrogens is 214 g/mol. The molecule has 0 spiro atoms. The van der Waals surface area contributed by atoms with Crippen LogP contribution in [0.3, 0.4) is 0 Å². The van der Waals surface area contributed by atoms with E-state index in [9.17, 15) is 8.42 Å². The molecule has 1 aromatic rings. The van der Waals surface area contributed by atoms with Crippen LogP contribution in [0.15, 0.2) is 29.2 Å². The number of morpholine rings is 1. The second-order valence-electron chi connectivity index (χ2n) is 3.25. The van der Waals surface area contributed by atoms with Crippen molar-refractivity contribution in [2.75, 3.05) is 26.3 Å². The van der Waals surface area contributed by atoms with Gasteiger partial charge >= 0.3 is 0 Å². The Hall–Kier alpha value is -0.910. The van der Waals surface area contributed by atoms with E-state index in [0.29, 0.717) is 31.2 Å². The standard InChI is InChI=1S/C10H12NO3S/c12-15(13,10-4-2-1-3-5-10)11-6-8-14-9-7-11/h2-5H,6-9H2. The second-order valence-corrected chi connectivity index (χ2v) is 5.19. The lowest BCUT2D eigenvalue weighted by Gasteiger charge is -2.25. The number of sulfonamides is 1. The first-order valence-electron chi connectivity index (χ1n) is 4.75. The Bertz CT molecular complexity index is 410. The minimum Gasteiger partial charge on any atom is -0.379 e. The normalized spacial score (nSPS) is 18.9. The average molecular weight is 226 g/mol. The largest absolute Gasteiger partial charge is 0.379 e. The Balaban J connectivity index is 2.26. The van der Waals surface area contributed by atoms with Gasteiger partial charge in [-0.2, -0.15) is 4.31 Å². The van der Waals surface area contributed by atoms with Crippen molar-refractivity contribution in [3.05, 3.63) is 30.3 Å². The molecule has 0 saturated carbocycles. The highest BCUT2D eigenvalue weighted by atomic mass is 32.2. The lowest BCUT2D eigenvalue weighted by atomic mass is 10.4. The van der Waals surface area contributed by atoms with E-state index >= 15 is 0 Å². The van der Waals surface area contributed by atoms with E-state index in [1.54, 1.807) is 24.3 Å². The molecule has 1 fully saturated rings. The number of benzene rings is 1. The fraction of sp³-hybridized carbons (Fsp3) is 0.400. The summed E-state index contributed by atoms with van der Waals surface area (Å²) in [6.07, 6.45) is 0. The zero-order valence-corrected chi connectivity index (χ0v) is 9.03. The summed E-state index contributed by atoms with van der Waals surface area (Å²) in [4.78, 5) is 0.322. The lowest BCUT2D eigenvalue weighted by Crippen LogP contribution is -2.40. The van der Waals surface area contributed by atoms with Crippen molar-refractivity contribution < 1.29 is 13.2 Å². The predicted molar refractivity (Wildman–Crippen MR) is 54.9 cm³/mol. The van der Waals surface area contributed by atoms with Gasteiger partial charge < -0.3 is 4.74 Å². The molecular formula is C10H12NO3S. The van der Waals surface area contributed by atoms with Crippen molar-refractivity contribution in [2.24, 2.45) is 0 Å². The molecule has 2 rings (SSSR count). The van der Waals surface area contributed by atoms with Gasteiger partial charge in [0.1, 0.15) is 0 Å². The van der Waals surface area contributed by atoms with Crippen LogP contribution in [-0.2, 0) is 14.8 Å². The summed E-state index contributed by atoms with van der Waals surface area (Å²) in [7, 11) is -3.33. The average Bonchev–Trinajstić information content (AvgIpc) is 2.31. The maximum atomic E-state index is 12.0. The molecule has 4 nitrogen and oxygen atoms in total. The number of hydrogen-bond donors (Lipinski definition) is 0. The smallest absolute Gasteiger partial charge is 0.243 e. The molecule has 1 radical (unpaired) electrons. The van der Waals surface area contributed by atoms with E-state index < -0.39 is 10.0 Å². The lowest BCUT2D eigenvalue weighted by molar-refractivity contribution is 0.0730. The minimum atomic E-state index is -3.33. The molecule has 0 aromatic heterocycles. The highest BCUT2D eigenvalue weighted by Gasteiger charge is 2.25. The molecule has 1 aliphatic heterocycles. The van der Waals surface area contributed by atoms with Gasteiger partial charge in [-0.05, 0) is 18.2 Å². The second kappa shape index (κ2) is 4.30. The van der Waals surface area contributed by atoms with Crippen LogP contribution in [0.2, 0.25) is 0 Å². The Morgan fingerprint density at radius 1 is 1.20 bits per heavy atom. The molecule has 15 heavy (non-hydrogen) atoms. The van der Waals surface area contributed by atoms with Crippen molar-refractivity contribution in [2.45, 2.75) is 4.90 Å². The SMILES string of the molecule is O=S(=O)(c1cc[c]cc1)N1CCOCC1. The van der Waals surface area contributed by atoms with Gasteiger partial charge in [-0.25, -0.2) is 8.42 Å². The van der Waals surface area contributed by atoms with Crippen LogP contribution in [0.25, 0.3) is 0 Å². The van der Waals surface area contributed by atoms with Crippen molar-refractivity contribution in [3.63, 3.8) is 0 Å². The first kappa shape index (κ1) is 10.6. The predicted octanol–water partition coefficient (Wildman–Crippen LogP) is 0.508. The van der Waals surface area contributed by atoms with Crippen LogP contribution < -0.4 is 0 Å². The third-order valence-electron chi connectivity index (χ3n) is 2.30. The molecule has 0 aliphatic carbocycles. The van der Waals surface area contributed by atoms with E-state index in [1.165, 1.54) is 4.31 Å². The number of ether oxygens (including phenoxy) is 1. The Labute approximate surface area is 89.5 Å². The number of hydrogen-bond acceptors (Lipinski definition) is 3. The third kappa shape index (κ3) is 2.19. The maximum absolute atomic E-state index is 12.0. The van der Waals surface area contributed by atoms with Crippen molar-refractivity contribution in [1.82, 2.24) is 4.31 Å². The molecule has 0 unspecified atom stereocenters. The van der Waals surface area contributed by atoms with E-state index in [-0.39, 0.29) is 0 Å². The van der Waals surface area contributed by atoms with E-state index in [2.05, 4.69) is 6.07 Å². The maximum Gasteiger partial charge on any atom is 0.243 e. The van der Waals surface area contributed by atoms with E-state index in [1.807, 2.05) is 0 Å². The summed E-state index contributed by atoms with van der Waals surface area (Å²) in [6, 6.07) is 9.13. The van der Waals surface area contributed by atoms with Crippen molar-refractivity contribution in [1.29, 1.82) is 0 Å². The zero-order chi connectivity index (χ0) is 10.7. The summed E-state index contributed by atoms with van der Waals surface area (Å²) in [5.74, 6) is 0. The summed E-state index contributed by atoms with van der Waals surface area (Å²) >= 11 is 0. The van der Waals surface area contributed by atoms with E-state index in [0.717, 1.165) is 0 Å². The summed E-state index contributed by atoms with van der Waals surface area (Å²) < 4.78 is 30.7. The van der Waals surface area contributed by atoms with Crippen molar-refractivity contribution >= 4 is 10.0 Å². The topological polar surface area (TPSA) is 46.6 Å². The summed E-state index contributed by atoms with van der Waals surface area (Å²) in [6.45, 7) is 1.80. The molecule has 0 N–H and O–H groups in total. The van der Waals surface area contributed by atoms with Gasteiger partial charge in [0.15, 0.2) is 0 Å². The van der Waals surface area contributed by atoms with Crippen LogP contribution in [0, 0.1) is 6.07 Å². The van der Waals surface area contributed by atoms with Crippen LogP contribution in [0.1, 0.15) is 0 Å². The Kier molecular flexibility index (Phi) is 3.04. The van der Waals surface area contributed by atoms with Crippen LogP contribution in [0.5, 0.6) is 0 Å². The van der Waals surface area contributed by atoms with Gasteiger partial charge in [0.2, 0.25) is 10.0 Å². The van der Waals surface area contributed by atoms with Gasteiger partial charge in [0.05, 0.1) is 18.1 Å². The molecule has 5 heteroatoms. The van der Waals surface area contributed by atoms with Crippen molar-refractivity contribution in [3.8, 4) is 0 Å². The van der Waals surface area contributed by atoms with Gasteiger partial charge in [0, 0.05) is 13.1 Å². The van der Waals surface area contributed by atoms with Gasteiger partial charge in [0.25, 0.3) is 0 Å². The minimum absolute atomic E-state index is 0.322. The highest BCUT2D eigenvalue weighted by Crippen LogP contribution is 2.15. The van der Waals surface area contributed by atoms with E-state index in [4.69, 9.17) is 4.74 Å². The van der Waals surface area contributed by atoms with Crippen LogP contribution >= 0.6 is 0 Å². The monoisotopic (exact) mass is 226 g/mol. The quantitative estimate of drug-likeness (QED) is 0.738. The first-order chi connectivity index (χ1) is 7.21. The van der Waals surface area contributed by atoms with Gasteiger partial charge in [-0.3, -0.25) is 0 Å². The highest BCUT2D eigenvalue weighted by molar-refractivity contribution is 7.89.